The summed E-state index contributed by atoms with van der Waals surface area (Å²) < 4.78 is 28.5. The lowest BCUT2D eigenvalue weighted by molar-refractivity contribution is -0.119. The minimum atomic E-state index is -0.612. The highest BCUT2D eigenvalue weighted by molar-refractivity contribution is 5.90. The summed E-state index contributed by atoms with van der Waals surface area (Å²) in [6.45, 7) is 3.90. The number of ether oxygens (including phenoxy) is 1. The smallest absolute Gasteiger partial charge is 0.255 e. The molecule has 0 aliphatic carbocycles. The highest BCUT2D eigenvalue weighted by Crippen LogP contribution is 2.26. The van der Waals surface area contributed by atoms with Crippen molar-refractivity contribution in [2.45, 2.75) is 6.54 Å². The van der Waals surface area contributed by atoms with Crippen LogP contribution in [0, 0.1) is 5.82 Å². The zero-order chi connectivity index (χ0) is 26.2. The second-order valence-corrected chi connectivity index (χ2v) is 8.92. The third-order valence-electron chi connectivity index (χ3n) is 6.48. The number of fused-ring (bicyclic) bond motifs is 3. The van der Waals surface area contributed by atoms with Gasteiger partial charge < -0.3 is 25.5 Å². The van der Waals surface area contributed by atoms with E-state index < -0.39 is 11.7 Å². The number of furan rings is 1. The summed E-state index contributed by atoms with van der Waals surface area (Å²) in [5.74, 6) is 0.429. The normalized spacial score (nSPS) is 14.5. The standard InChI is InChI=1S/C24H25FN10O3/c25-17-12-15(38-14-20(26)36)3-4-18(17)33-8-5-32(6-9-33)7-10-34-22-16(13-28-34)23-29-21(19-2-1-11-37-19)31-35(23)24(27)30-22/h1-4,11-13H,5-10,14H2,(H2,26,36)(H2,27,30). The van der Waals surface area contributed by atoms with E-state index in [1.807, 2.05) is 9.58 Å². The van der Waals surface area contributed by atoms with Gasteiger partial charge in [-0.2, -0.15) is 14.6 Å². The number of benzene rings is 1. The lowest BCUT2D eigenvalue weighted by Crippen LogP contribution is -2.47. The first-order valence-electron chi connectivity index (χ1n) is 12.1. The molecule has 38 heavy (non-hydrogen) atoms. The van der Waals surface area contributed by atoms with E-state index in [1.165, 1.54) is 10.6 Å². The molecule has 1 fully saturated rings. The third kappa shape index (κ3) is 4.45. The molecule has 0 saturated carbocycles. The Kier molecular flexibility index (Phi) is 5.99. The number of nitrogens with zero attached hydrogens (tertiary/aromatic N) is 8. The van der Waals surface area contributed by atoms with Gasteiger partial charge in [-0.05, 0) is 24.3 Å². The monoisotopic (exact) mass is 520 g/mol. The number of hydrogen-bond acceptors (Lipinski definition) is 10. The third-order valence-corrected chi connectivity index (χ3v) is 6.48. The molecule has 4 aromatic heterocycles. The number of primary amides is 1. The van der Waals surface area contributed by atoms with E-state index >= 15 is 0 Å². The van der Waals surface area contributed by atoms with Crippen molar-refractivity contribution in [3.05, 3.63) is 48.6 Å². The molecule has 13 nitrogen and oxygen atoms in total. The molecule has 196 valence electrons. The Morgan fingerprint density at radius 3 is 2.68 bits per heavy atom. The van der Waals surface area contributed by atoms with Gasteiger partial charge in [0.15, 0.2) is 23.7 Å². The molecule has 0 unspecified atom stereocenters. The highest BCUT2D eigenvalue weighted by Gasteiger charge is 2.21. The van der Waals surface area contributed by atoms with E-state index in [2.05, 4.69) is 25.1 Å². The number of amides is 1. The van der Waals surface area contributed by atoms with E-state index in [1.54, 1.807) is 36.7 Å². The van der Waals surface area contributed by atoms with Gasteiger partial charge in [0.2, 0.25) is 11.8 Å². The second kappa shape index (κ2) is 9.63. The van der Waals surface area contributed by atoms with Crippen LogP contribution >= 0.6 is 0 Å². The molecule has 4 N–H and O–H groups in total. The Morgan fingerprint density at radius 2 is 1.95 bits per heavy atom. The molecular weight excluding hydrogens is 495 g/mol. The fraction of sp³-hybridized carbons (Fsp3) is 0.292. The van der Waals surface area contributed by atoms with Crippen LogP contribution in [-0.2, 0) is 11.3 Å². The number of aromatic nitrogens is 6. The number of rotatable bonds is 8. The number of nitrogens with two attached hydrogens (primary N) is 2. The van der Waals surface area contributed by atoms with Crippen LogP contribution in [0.1, 0.15) is 0 Å². The van der Waals surface area contributed by atoms with Crippen molar-refractivity contribution in [2.75, 3.05) is 50.0 Å². The Morgan fingerprint density at radius 1 is 1.11 bits per heavy atom. The number of halogens is 1. The van der Waals surface area contributed by atoms with Crippen molar-refractivity contribution in [3.8, 4) is 17.3 Å². The maximum atomic E-state index is 14.7. The lowest BCUT2D eigenvalue weighted by Gasteiger charge is -2.36. The number of carbonyl (C=O) groups is 1. The molecular formula is C24H25FN10O3. The van der Waals surface area contributed by atoms with Gasteiger partial charge in [0.1, 0.15) is 11.6 Å². The molecule has 5 aromatic rings. The van der Waals surface area contributed by atoms with Gasteiger partial charge in [-0.1, -0.05) is 0 Å². The number of hydrogen-bond donors (Lipinski definition) is 2. The summed E-state index contributed by atoms with van der Waals surface area (Å²) in [7, 11) is 0. The minimum absolute atomic E-state index is 0.209. The van der Waals surface area contributed by atoms with Crippen molar-refractivity contribution in [3.63, 3.8) is 0 Å². The summed E-state index contributed by atoms with van der Waals surface area (Å²) in [6, 6.07) is 8.13. The van der Waals surface area contributed by atoms with Crippen LogP contribution in [0.15, 0.2) is 47.2 Å². The number of anilines is 2. The summed E-state index contributed by atoms with van der Waals surface area (Å²) in [4.78, 5) is 24.3. The van der Waals surface area contributed by atoms with Crippen molar-refractivity contribution >= 4 is 34.2 Å². The Hall–Kier alpha value is -4.72. The Balaban J connectivity index is 1.10. The molecule has 1 aliphatic rings. The molecule has 14 heteroatoms. The van der Waals surface area contributed by atoms with Gasteiger partial charge in [0.25, 0.3) is 5.91 Å². The van der Waals surface area contributed by atoms with Crippen LogP contribution in [0.4, 0.5) is 16.0 Å². The average molecular weight is 521 g/mol. The van der Waals surface area contributed by atoms with Crippen LogP contribution in [-0.4, -0.2) is 79.5 Å². The molecule has 0 spiro atoms. The molecule has 6 rings (SSSR count). The first-order chi connectivity index (χ1) is 18.5. The van der Waals surface area contributed by atoms with E-state index in [9.17, 15) is 9.18 Å². The second-order valence-electron chi connectivity index (χ2n) is 8.92. The fourth-order valence-corrected chi connectivity index (χ4v) is 4.57. The predicted molar refractivity (Wildman–Crippen MR) is 136 cm³/mol. The van der Waals surface area contributed by atoms with E-state index in [0.717, 1.165) is 25.0 Å². The van der Waals surface area contributed by atoms with Crippen LogP contribution in [0.2, 0.25) is 0 Å². The molecule has 1 amide bonds. The summed E-state index contributed by atoms with van der Waals surface area (Å²) in [5.41, 5.74) is 12.9. The maximum Gasteiger partial charge on any atom is 0.255 e. The van der Waals surface area contributed by atoms with Gasteiger partial charge in [-0.3, -0.25) is 9.69 Å². The van der Waals surface area contributed by atoms with Crippen molar-refractivity contribution in [1.82, 2.24) is 34.3 Å². The molecule has 1 aromatic carbocycles. The lowest BCUT2D eigenvalue weighted by atomic mass is 10.2. The number of nitrogen functional groups attached to an aromatic ring is 1. The van der Waals surface area contributed by atoms with Crippen molar-refractivity contribution in [1.29, 1.82) is 0 Å². The topological polar surface area (TPSA) is 159 Å². The zero-order valence-corrected chi connectivity index (χ0v) is 20.3. The van der Waals surface area contributed by atoms with E-state index in [4.69, 9.17) is 20.6 Å². The average Bonchev–Trinajstić information content (AvgIpc) is 3.66. The van der Waals surface area contributed by atoms with Gasteiger partial charge in [-0.25, -0.2) is 14.1 Å². The first kappa shape index (κ1) is 23.7. The van der Waals surface area contributed by atoms with Gasteiger partial charge in [0.05, 0.1) is 30.1 Å². The van der Waals surface area contributed by atoms with Crippen LogP contribution in [0.3, 0.4) is 0 Å². The van der Waals surface area contributed by atoms with Crippen molar-refractivity contribution < 1.29 is 18.3 Å². The number of carbonyl (C=O) groups excluding carboxylic acids is 1. The molecule has 5 heterocycles. The summed E-state index contributed by atoms with van der Waals surface area (Å²) >= 11 is 0. The zero-order valence-electron chi connectivity index (χ0n) is 20.3. The largest absolute Gasteiger partial charge is 0.484 e. The summed E-state index contributed by atoms with van der Waals surface area (Å²) in [6.07, 6.45) is 3.28. The van der Waals surface area contributed by atoms with Gasteiger partial charge in [-0.15, -0.1) is 5.10 Å². The fourth-order valence-electron chi connectivity index (χ4n) is 4.57. The molecule has 0 radical (unpaired) electrons. The first-order valence-corrected chi connectivity index (χ1v) is 12.1. The minimum Gasteiger partial charge on any atom is -0.484 e. The quantitative estimate of drug-likeness (QED) is 0.304. The summed E-state index contributed by atoms with van der Waals surface area (Å²) in [5, 5.41) is 9.68. The van der Waals surface area contributed by atoms with Crippen LogP contribution in [0.25, 0.3) is 28.3 Å². The SMILES string of the molecule is NC(=O)COc1ccc(N2CCN(CCn3ncc4c3nc(N)n3nc(-c5ccco5)nc43)CC2)c(F)c1. The van der Waals surface area contributed by atoms with Crippen LogP contribution < -0.4 is 21.1 Å². The molecule has 0 bridgehead atoms. The number of piperazine rings is 1. The van der Waals surface area contributed by atoms with Gasteiger partial charge in [0, 0.05) is 38.8 Å². The Labute approximate surface area is 215 Å². The maximum absolute atomic E-state index is 14.7. The Bertz CT molecular complexity index is 1610. The molecule has 1 aliphatic heterocycles. The van der Waals surface area contributed by atoms with Crippen LogP contribution in [0.5, 0.6) is 5.75 Å². The highest BCUT2D eigenvalue weighted by atomic mass is 19.1. The molecule has 1 saturated heterocycles. The predicted octanol–water partition coefficient (Wildman–Crippen LogP) is 1.14. The van der Waals surface area contributed by atoms with E-state index in [0.29, 0.717) is 48.2 Å². The van der Waals surface area contributed by atoms with Crippen molar-refractivity contribution in [2.24, 2.45) is 5.73 Å². The van der Waals surface area contributed by atoms with Gasteiger partial charge >= 0.3 is 0 Å². The van der Waals surface area contributed by atoms with E-state index in [-0.39, 0.29) is 18.3 Å². The molecule has 0 atom stereocenters.